The number of hydrogen-bond donors (Lipinski definition) is 3. The van der Waals surface area contributed by atoms with E-state index in [9.17, 15) is 4.79 Å². The Morgan fingerprint density at radius 2 is 2.17 bits per heavy atom. The molecule has 0 spiro atoms. The number of amides is 1. The number of rotatable bonds is 6. The monoisotopic (exact) mass is 269 g/mol. The van der Waals surface area contributed by atoms with E-state index in [1.165, 1.54) is 17.8 Å². The fourth-order valence-electron chi connectivity index (χ4n) is 1.84. The van der Waals surface area contributed by atoms with Crippen molar-refractivity contribution in [3.05, 3.63) is 10.9 Å². The zero-order valence-electron chi connectivity index (χ0n) is 11.5. The van der Waals surface area contributed by atoms with E-state index in [0.717, 1.165) is 11.4 Å². The molecule has 0 aromatic carbocycles. The molecule has 1 rings (SSSR count). The van der Waals surface area contributed by atoms with Crippen LogP contribution in [-0.2, 0) is 0 Å². The normalized spacial score (nSPS) is 14.0. The molecule has 2 unspecified atom stereocenters. The average molecular weight is 269 g/mol. The molecule has 1 heterocycles. The summed E-state index contributed by atoms with van der Waals surface area (Å²) in [5, 5.41) is 6.96. The van der Waals surface area contributed by atoms with Crippen LogP contribution in [0.15, 0.2) is 6.07 Å². The molecule has 4 nitrogen and oxygen atoms in total. The van der Waals surface area contributed by atoms with Crippen LogP contribution >= 0.6 is 11.3 Å². The average Bonchev–Trinajstić information content (AvgIpc) is 2.68. The standard InChI is InChI=1S/C13H23N3OS/c1-5-8(2)6-9(3)16-11-7-10(14)12(18-11)13(17)15-4/h7-9,16H,5-6,14H2,1-4H3,(H,15,17). The van der Waals surface area contributed by atoms with Gasteiger partial charge in [0.25, 0.3) is 5.91 Å². The van der Waals surface area contributed by atoms with Crippen LogP contribution < -0.4 is 16.4 Å². The molecule has 0 saturated heterocycles. The minimum atomic E-state index is -0.125. The van der Waals surface area contributed by atoms with Crippen LogP contribution in [0, 0.1) is 5.92 Å². The third-order valence-corrected chi connectivity index (χ3v) is 4.12. The third-order valence-electron chi connectivity index (χ3n) is 3.04. The van der Waals surface area contributed by atoms with E-state index in [-0.39, 0.29) is 5.91 Å². The van der Waals surface area contributed by atoms with Crippen LogP contribution in [-0.4, -0.2) is 19.0 Å². The van der Waals surface area contributed by atoms with Gasteiger partial charge in [0, 0.05) is 13.1 Å². The Labute approximate surface area is 113 Å². The van der Waals surface area contributed by atoms with Gasteiger partial charge < -0.3 is 16.4 Å². The quantitative estimate of drug-likeness (QED) is 0.744. The Morgan fingerprint density at radius 1 is 1.50 bits per heavy atom. The second kappa shape index (κ2) is 6.64. The summed E-state index contributed by atoms with van der Waals surface area (Å²) in [5.41, 5.74) is 6.37. The maximum atomic E-state index is 11.5. The summed E-state index contributed by atoms with van der Waals surface area (Å²) in [6.45, 7) is 6.60. The molecule has 1 amide bonds. The summed E-state index contributed by atoms with van der Waals surface area (Å²) in [7, 11) is 1.61. The van der Waals surface area contributed by atoms with Gasteiger partial charge >= 0.3 is 0 Å². The van der Waals surface area contributed by atoms with Crippen LogP contribution in [0.25, 0.3) is 0 Å². The zero-order chi connectivity index (χ0) is 13.7. The van der Waals surface area contributed by atoms with E-state index in [0.29, 0.717) is 22.5 Å². The predicted molar refractivity (Wildman–Crippen MR) is 79.3 cm³/mol. The molecule has 0 saturated carbocycles. The van der Waals surface area contributed by atoms with E-state index >= 15 is 0 Å². The van der Waals surface area contributed by atoms with Crippen molar-refractivity contribution in [1.82, 2.24) is 5.32 Å². The minimum Gasteiger partial charge on any atom is -0.397 e. The lowest BCUT2D eigenvalue weighted by molar-refractivity contribution is 0.0968. The molecular weight excluding hydrogens is 246 g/mol. The lowest BCUT2D eigenvalue weighted by Gasteiger charge is -2.17. The topological polar surface area (TPSA) is 67.1 Å². The summed E-state index contributed by atoms with van der Waals surface area (Å²) < 4.78 is 0. The fourth-order valence-corrected chi connectivity index (χ4v) is 2.88. The highest BCUT2D eigenvalue weighted by Gasteiger charge is 2.14. The maximum Gasteiger partial charge on any atom is 0.263 e. The van der Waals surface area contributed by atoms with Crippen molar-refractivity contribution < 1.29 is 4.79 Å². The first-order chi connectivity index (χ1) is 8.47. The highest BCUT2D eigenvalue weighted by atomic mass is 32.1. The Balaban J connectivity index is 2.65. The van der Waals surface area contributed by atoms with Gasteiger partial charge in [0.15, 0.2) is 0 Å². The van der Waals surface area contributed by atoms with Crippen LogP contribution in [0.4, 0.5) is 10.7 Å². The summed E-state index contributed by atoms with van der Waals surface area (Å²) in [6, 6.07) is 2.22. The van der Waals surface area contributed by atoms with Crippen molar-refractivity contribution in [2.75, 3.05) is 18.1 Å². The van der Waals surface area contributed by atoms with Gasteiger partial charge in [-0.1, -0.05) is 20.3 Å². The van der Waals surface area contributed by atoms with Gasteiger partial charge in [-0.25, -0.2) is 0 Å². The molecule has 0 aliphatic heterocycles. The molecule has 5 heteroatoms. The number of nitrogens with one attached hydrogen (secondary N) is 2. The Kier molecular flexibility index (Phi) is 5.47. The van der Waals surface area contributed by atoms with Gasteiger partial charge in [-0.2, -0.15) is 0 Å². The molecule has 0 aliphatic rings. The number of carbonyl (C=O) groups excluding carboxylic acids is 1. The summed E-state index contributed by atoms with van der Waals surface area (Å²) in [4.78, 5) is 12.1. The molecule has 0 fully saturated rings. The Morgan fingerprint density at radius 3 is 2.72 bits per heavy atom. The highest BCUT2D eigenvalue weighted by Crippen LogP contribution is 2.30. The predicted octanol–water partition coefficient (Wildman–Crippen LogP) is 2.93. The van der Waals surface area contributed by atoms with Crippen LogP contribution in [0.2, 0.25) is 0 Å². The number of nitrogens with two attached hydrogens (primary N) is 1. The number of nitrogen functional groups attached to an aromatic ring is 1. The zero-order valence-corrected chi connectivity index (χ0v) is 12.4. The molecule has 0 aliphatic carbocycles. The van der Waals surface area contributed by atoms with Crippen molar-refractivity contribution in [3.8, 4) is 0 Å². The first kappa shape index (κ1) is 14.8. The first-order valence-electron chi connectivity index (χ1n) is 6.35. The van der Waals surface area contributed by atoms with Crippen molar-refractivity contribution >= 4 is 27.9 Å². The molecule has 1 aromatic rings. The smallest absolute Gasteiger partial charge is 0.263 e. The van der Waals surface area contributed by atoms with E-state index in [2.05, 4.69) is 31.4 Å². The van der Waals surface area contributed by atoms with E-state index in [4.69, 9.17) is 5.73 Å². The van der Waals surface area contributed by atoms with Crippen molar-refractivity contribution in [1.29, 1.82) is 0 Å². The second-order valence-electron chi connectivity index (χ2n) is 4.77. The molecule has 18 heavy (non-hydrogen) atoms. The fraction of sp³-hybridized carbons (Fsp3) is 0.615. The molecule has 0 radical (unpaired) electrons. The lowest BCUT2D eigenvalue weighted by Crippen LogP contribution is -2.18. The van der Waals surface area contributed by atoms with Crippen LogP contribution in [0.1, 0.15) is 43.3 Å². The van der Waals surface area contributed by atoms with Gasteiger partial charge in [0.05, 0.1) is 10.7 Å². The van der Waals surface area contributed by atoms with Gasteiger partial charge in [0.2, 0.25) is 0 Å². The van der Waals surface area contributed by atoms with Crippen molar-refractivity contribution in [2.24, 2.45) is 5.92 Å². The molecule has 2 atom stereocenters. The number of carbonyl (C=O) groups is 1. The second-order valence-corrected chi connectivity index (χ2v) is 5.82. The molecule has 0 bridgehead atoms. The summed E-state index contributed by atoms with van der Waals surface area (Å²) in [6.07, 6.45) is 2.30. The summed E-state index contributed by atoms with van der Waals surface area (Å²) in [5.74, 6) is 0.573. The Bertz CT molecular complexity index is 403. The van der Waals surface area contributed by atoms with Gasteiger partial charge in [-0.05, 0) is 25.3 Å². The summed E-state index contributed by atoms with van der Waals surface area (Å²) >= 11 is 1.41. The molecule has 102 valence electrons. The van der Waals surface area contributed by atoms with Gasteiger partial charge in [-0.3, -0.25) is 4.79 Å². The van der Waals surface area contributed by atoms with Crippen LogP contribution in [0.3, 0.4) is 0 Å². The van der Waals surface area contributed by atoms with E-state index in [1.807, 2.05) is 6.07 Å². The maximum absolute atomic E-state index is 11.5. The molecular formula is C13H23N3OS. The minimum absolute atomic E-state index is 0.125. The van der Waals surface area contributed by atoms with Crippen molar-refractivity contribution in [2.45, 2.75) is 39.7 Å². The number of hydrogen-bond acceptors (Lipinski definition) is 4. The number of thiophene rings is 1. The van der Waals surface area contributed by atoms with Gasteiger partial charge in [0.1, 0.15) is 4.88 Å². The third kappa shape index (κ3) is 3.91. The molecule has 4 N–H and O–H groups in total. The highest BCUT2D eigenvalue weighted by molar-refractivity contribution is 7.18. The van der Waals surface area contributed by atoms with Crippen molar-refractivity contribution in [3.63, 3.8) is 0 Å². The largest absolute Gasteiger partial charge is 0.397 e. The number of anilines is 2. The first-order valence-corrected chi connectivity index (χ1v) is 7.17. The van der Waals surface area contributed by atoms with Gasteiger partial charge in [-0.15, -0.1) is 11.3 Å². The van der Waals surface area contributed by atoms with Crippen LogP contribution in [0.5, 0.6) is 0 Å². The lowest BCUT2D eigenvalue weighted by atomic mass is 10.0. The van der Waals surface area contributed by atoms with E-state index < -0.39 is 0 Å². The molecule has 1 aromatic heterocycles. The Hall–Kier alpha value is -1.23. The van der Waals surface area contributed by atoms with E-state index in [1.54, 1.807) is 7.05 Å². The SMILES string of the molecule is CCC(C)CC(C)Nc1cc(N)c(C(=O)NC)s1.